The second-order valence-corrected chi connectivity index (χ2v) is 6.69. The monoisotopic (exact) mass is 371 g/mol. The van der Waals surface area contributed by atoms with Crippen LogP contribution in [-0.2, 0) is 0 Å². The van der Waals surface area contributed by atoms with Gasteiger partial charge in [0.1, 0.15) is 6.04 Å². The number of methoxy groups -OCH3 is 1. The molecule has 5 heteroatoms. The Morgan fingerprint density at radius 3 is 2.71 bits per heavy atom. The van der Waals surface area contributed by atoms with E-state index < -0.39 is 6.04 Å². The Bertz CT molecular complexity index is 1120. The molecule has 0 saturated carbocycles. The van der Waals surface area contributed by atoms with Gasteiger partial charge in [-0.2, -0.15) is 0 Å². The van der Waals surface area contributed by atoms with Gasteiger partial charge in [0, 0.05) is 40.6 Å². The Labute approximate surface area is 163 Å². The number of Topliss-reactive ketones (excluding diaryl/α,β-unsaturated/α-hetero) is 1. The lowest BCUT2D eigenvalue weighted by molar-refractivity contribution is 0.0971. The zero-order chi connectivity index (χ0) is 19.5. The number of nitrogens with one attached hydrogen (secondary N) is 2. The molecule has 2 heterocycles. The number of carbonyl (C=O) groups excluding carboxylic acids is 1. The van der Waals surface area contributed by atoms with E-state index in [0.29, 0.717) is 11.4 Å². The Hall–Kier alpha value is -3.60. The Balaban J connectivity index is 1.76. The van der Waals surface area contributed by atoms with Gasteiger partial charge in [-0.3, -0.25) is 4.79 Å². The van der Waals surface area contributed by atoms with E-state index in [1.54, 1.807) is 25.6 Å². The van der Waals surface area contributed by atoms with Crippen molar-refractivity contribution in [3.05, 3.63) is 89.7 Å². The molecule has 0 radical (unpaired) electrons. The molecule has 0 spiro atoms. The minimum absolute atomic E-state index is 0.00108. The summed E-state index contributed by atoms with van der Waals surface area (Å²) in [6.07, 6.45) is 3.44. The molecule has 0 saturated heterocycles. The third-order valence-electron chi connectivity index (χ3n) is 4.75. The number of hydrogen-bond donors (Lipinski definition) is 2. The van der Waals surface area contributed by atoms with Gasteiger partial charge in [-0.05, 0) is 30.7 Å². The standard InChI is InChI=1S/C23H21N3O2/c1-15-8-9-20-18(12-15)19(14-25-20)23(27)22(16-6-4-3-5-7-16)26-17-10-11-24-21(13-17)28-2/h3-14,22,25H,1-2H3,(H,24,26). The highest BCUT2D eigenvalue weighted by Gasteiger charge is 2.24. The van der Waals surface area contributed by atoms with Gasteiger partial charge in [0.15, 0.2) is 5.78 Å². The summed E-state index contributed by atoms with van der Waals surface area (Å²) in [6, 6.07) is 18.9. The number of hydrogen-bond acceptors (Lipinski definition) is 4. The third-order valence-corrected chi connectivity index (χ3v) is 4.75. The lowest BCUT2D eigenvalue weighted by atomic mass is 9.96. The SMILES string of the molecule is COc1cc(NC(C(=O)c2c[nH]c3ccc(C)cc23)c2ccccc2)ccn1. The van der Waals surface area contributed by atoms with Crippen molar-refractivity contribution < 1.29 is 9.53 Å². The first kappa shape index (κ1) is 17.8. The van der Waals surface area contributed by atoms with Crippen molar-refractivity contribution in [1.29, 1.82) is 0 Å². The van der Waals surface area contributed by atoms with Crippen LogP contribution in [0.15, 0.2) is 73.1 Å². The Kier molecular flexibility index (Phi) is 4.81. The second kappa shape index (κ2) is 7.56. The molecule has 0 bridgehead atoms. The molecule has 1 atom stereocenters. The summed E-state index contributed by atoms with van der Waals surface area (Å²) in [5.74, 6) is 0.491. The fourth-order valence-electron chi connectivity index (χ4n) is 3.32. The van der Waals surface area contributed by atoms with Crippen LogP contribution in [0.25, 0.3) is 10.9 Å². The second-order valence-electron chi connectivity index (χ2n) is 6.69. The summed E-state index contributed by atoms with van der Waals surface area (Å²) in [5, 5.41) is 4.28. The number of ether oxygens (including phenoxy) is 1. The van der Waals surface area contributed by atoms with Crippen LogP contribution in [0.5, 0.6) is 5.88 Å². The number of anilines is 1. The van der Waals surface area contributed by atoms with Crippen LogP contribution in [0.4, 0.5) is 5.69 Å². The van der Waals surface area contributed by atoms with E-state index in [9.17, 15) is 4.79 Å². The molecule has 5 nitrogen and oxygen atoms in total. The number of fused-ring (bicyclic) bond motifs is 1. The van der Waals surface area contributed by atoms with Gasteiger partial charge in [-0.1, -0.05) is 42.0 Å². The van der Waals surface area contributed by atoms with Crippen LogP contribution in [0.2, 0.25) is 0 Å². The van der Waals surface area contributed by atoms with E-state index in [0.717, 1.165) is 27.7 Å². The molecular weight excluding hydrogens is 350 g/mol. The number of benzene rings is 2. The lowest BCUT2D eigenvalue weighted by Gasteiger charge is -2.19. The van der Waals surface area contributed by atoms with E-state index >= 15 is 0 Å². The van der Waals surface area contributed by atoms with Gasteiger partial charge in [-0.25, -0.2) is 4.98 Å². The molecule has 2 N–H and O–H groups in total. The molecule has 1 unspecified atom stereocenters. The van der Waals surface area contributed by atoms with Gasteiger partial charge >= 0.3 is 0 Å². The van der Waals surface area contributed by atoms with Crippen LogP contribution in [0.1, 0.15) is 27.5 Å². The van der Waals surface area contributed by atoms with Crippen LogP contribution in [-0.4, -0.2) is 22.9 Å². The Morgan fingerprint density at radius 2 is 1.93 bits per heavy atom. The first-order valence-corrected chi connectivity index (χ1v) is 9.09. The van der Waals surface area contributed by atoms with Gasteiger partial charge in [0.25, 0.3) is 0 Å². The van der Waals surface area contributed by atoms with E-state index in [4.69, 9.17) is 4.74 Å². The number of carbonyl (C=O) groups is 1. The molecule has 2 aromatic heterocycles. The molecule has 0 fully saturated rings. The van der Waals surface area contributed by atoms with E-state index in [2.05, 4.69) is 15.3 Å². The fraction of sp³-hybridized carbons (Fsp3) is 0.130. The van der Waals surface area contributed by atoms with Crippen molar-refractivity contribution in [1.82, 2.24) is 9.97 Å². The molecule has 0 aliphatic heterocycles. The highest BCUT2D eigenvalue weighted by Crippen LogP contribution is 2.28. The van der Waals surface area contributed by atoms with E-state index in [1.165, 1.54) is 0 Å². The third kappa shape index (κ3) is 3.47. The quantitative estimate of drug-likeness (QED) is 0.472. The number of aromatic amines is 1. The molecule has 0 aliphatic rings. The zero-order valence-corrected chi connectivity index (χ0v) is 15.8. The van der Waals surface area contributed by atoms with Gasteiger partial charge < -0.3 is 15.0 Å². The van der Waals surface area contributed by atoms with Crippen LogP contribution in [0.3, 0.4) is 0 Å². The molecular formula is C23H21N3O2. The summed E-state index contributed by atoms with van der Waals surface area (Å²) in [7, 11) is 1.57. The van der Waals surface area contributed by atoms with Crippen molar-refractivity contribution in [2.75, 3.05) is 12.4 Å². The Morgan fingerprint density at radius 1 is 1.11 bits per heavy atom. The van der Waals surface area contributed by atoms with Crippen LogP contribution >= 0.6 is 0 Å². The number of H-pyrrole nitrogens is 1. The number of nitrogens with zero attached hydrogens (tertiary/aromatic N) is 1. The molecule has 4 rings (SSSR count). The molecule has 28 heavy (non-hydrogen) atoms. The first-order chi connectivity index (χ1) is 13.7. The zero-order valence-electron chi connectivity index (χ0n) is 15.8. The van der Waals surface area contributed by atoms with Crippen molar-refractivity contribution in [2.24, 2.45) is 0 Å². The maximum Gasteiger partial charge on any atom is 0.214 e. The van der Waals surface area contributed by atoms with Crippen molar-refractivity contribution in [3.63, 3.8) is 0 Å². The number of aryl methyl sites for hydroxylation is 1. The fourth-order valence-corrected chi connectivity index (χ4v) is 3.32. The molecule has 4 aromatic rings. The van der Waals surface area contributed by atoms with Crippen molar-refractivity contribution >= 4 is 22.4 Å². The summed E-state index contributed by atoms with van der Waals surface area (Å²) < 4.78 is 5.20. The number of ketones is 1. The average Bonchev–Trinajstić information content (AvgIpc) is 3.15. The highest BCUT2D eigenvalue weighted by molar-refractivity contribution is 6.11. The van der Waals surface area contributed by atoms with Crippen LogP contribution in [0, 0.1) is 6.92 Å². The molecule has 0 amide bonds. The van der Waals surface area contributed by atoms with Crippen molar-refractivity contribution in [2.45, 2.75) is 13.0 Å². The maximum atomic E-state index is 13.6. The predicted octanol–water partition coefficient (Wildman–Crippen LogP) is 4.92. The summed E-state index contributed by atoms with van der Waals surface area (Å²) in [4.78, 5) is 20.9. The molecule has 2 aromatic carbocycles. The highest BCUT2D eigenvalue weighted by atomic mass is 16.5. The normalized spacial score (nSPS) is 11.9. The number of pyridine rings is 1. The summed E-state index contributed by atoms with van der Waals surface area (Å²) >= 11 is 0. The van der Waals surface area contributed by atoms with Crippen molar-refractivity contribution in [3.8, 4) is 5.88 Å². The first-order valence-electron chi connectivity index (χ1n) is 9.09. The topological polar surface area (TPSA) is 67.0 Å². The predicted molar refractivity (Wildman–Crippen MR) is 111 cm³/mol. The average molecular weight is 371 g/mol. The number of aromatic nitrogens is 2. The summed E-state index contributed by atoms with van der Waals surface area (Å²) in [5.41, 5.74) is 4.40. The largest absolute Gasteiger partial charge is 0.481 e. The van der Waals surface area contributed by atoms with E-state index in [1.807, 2.05) is 61.5 Å². The van der Waals surface area contributed by atoms with Gasteiger partial charge in [0.05, 0.1) is 7.11 Å². The summed E-state index contributed by atoms with van der Waals surface area (Å²) in [6.45, 7) is 2.02. The molecule has 140 valence electrons. The van der Waals surface area contributed by atoms with Gasteiger partial charge in [0.2, 0.25) is 5.88 Å². The minimum Gasteiger partial charge on any atom is -0.481 e. The lowest BCUT2D eigenvalue weighted by Crippen LogP contribution is -2.21. The minimum atomic E-state index is -0.534. The maximum absolute atomic E-state index is 13.6. The number of rotatable bonds is 6. The van der Waals surface area contributed by atoms with Crippen LogP contribution < -0.4 is 10.1 Å². The van der Waals surface area contributed by atoms with Gasteiger partial charge in [-0.15, -0.1) is 0 Å². The van der Waals surface area contributed by atoms with E-state index in [-0.39, 0.29) is 5.78 Å². The smallest absolute Gasteiger partial charge is 0.214 e. The molecule has 0 aliphatic carbocycles.